The number of hydrogen-bond donors (Lipinski definition) is 0. The highest BCUT2D eigenvalue weighted by Crippen LogP contribution is 2.47. The molecule has 0 aliphatic carbocycles. The molecule has 186 valence electrons. The average Bonchev–Trinajstić information content (AvgIpc) is 3.13. The van der Waals surface area contributed by atoms with E-state index in [9.17, 15) is 31.6 Å². The minimum Gasteiger partial charge on any atom is -0.342 e. The molecule has 0 radical (unpaired) electrons. The van der Waals surface area contributed by atoms with E-state index >= 15 is 0 Å². The molecule has 1 aromatic heterocycles. The van der Waals surface area contributed by atoms with Crippen molar-refractivity contribution >= 4 is 25.4 Å². The van der Waals surface area contributed by atoms with Crippen molar-refractivity contribution in [2.75, 3.05) is 13.2 Å². The summed E-state index contributed by atoms with van der Waals surface area (Å²) < 4.78 is 92.3. The van der Waals surface area contributed by atoms with Crippen molar-refractivity contribution in [3.63, 3.8) is 0 Å². The molecule has 3 rings (SSSR count). The van der Waals surface area contributed by atoms with Crippen LogP contribution in [0.25, 0.3) is 17.0 Å². The lowest BCUT2D eigenvalue weighted by Gasteiger charge is -2.15. The first-order chi connectivity index (χ1) is 16.5. The van der Waals surface area contributed by atoms with Crippen molar-refractivity contribution in [3.05, 3.63) is 76.2 Å². The van der Waals surface area contributed by atoms with Crippen LogP contribution in [-0.4, -0.2) is 17.8 Å². The van der Waals surface area contributed by atoms with Gasteiger partial charge in [0.15, 0.2) is 0 Å². The van der Waals surface area contributed by atoms with Crippen LogP contribution >= 0.6 is 8.38 Å². The Morgan fingerprint density at radius 2 is 1.54 bits per heavy atom. The number of hydrogen-bond acceptors (Lipinski definition) is 3. The largest absolute Gasteiger partial charge is 0.416 e. The number of nitriles is 1. The van der Waals surface area contributed by atoms with Gasteiger partial charge in [0.2, 0.25) is 8.38 Å². The molecule has 0 aliphatic heterocycles. The lowest BCUT2D eigenvalue weighted by Crippen LogP contribution is -2.12. The van der Waals surface area contributed by atoms with E-state index in [4.69, 9.17) is 9.05 Å². The highest BCUT2D eigenvalue weighted by Gasteiger charge is 2.37. The van der Waals surface area contributed by atoms with Crippen molar-refractivity contribution in [2.24, 2.45) is 0 Å². The van der Waals surface area contributed by atoms with Gasteiger partial charge in [-0.25, -0.2) is 0 Å². The summed E-state index contributed by atoms with van der Waals surface area (Å²) in [6.07, 6.45) is -6.70. The predicted octanol–water partition coefficient (Wildman–Crippen LogP) is 7.98. The summed E-state index contributed by atoms with van der Waals surface area (Å²) in [5.74, 6) is 0. The zero-order valence-electron chi connectivity index (χ0n) is 18.7. The molecule has 0 spiro atoms. The zero-order valence-corrected chi connectivity index (χ0v) is 19.6. The third-order valence-corrected chi connectivity index (χ3v) is 6.52. The monoisotopic (exact) mass is 514 g/mol. The second-order valence-electron chi connectivity index (χ2n) is 7.38. The quantitative estimate of drug-likeness (QED) is 0.174. The molecule has 0 unspecified atom stereocenters. The topological polar surface area (TPSA) is 47.2 Å². The number of halogens is 6. The molecule has 35 heavy (non-hydrogen) atoms. The summed E-state index contributed by atoms with van der Waals surface area (Å²) in [6.45, 7) is 3.93. The average molecular weight is 514 g/mol. The molecular formula is C24H21F6N2O2P. The van der Waals surface area contributed by atoms with Crippen molar-refractivity contribution in [1.82, 2.24) is 4.57 Å². The lowest BCUT2D eigenvalue weighted by atomic mass is 10.0. The Bertz CT molecular complexity index is 1220. The second-order valence-corrected chi connectivity index (χ2v) is 8.89. The van der Waals surface area contributed by atoms with Crippen LogP contribution in [-0.2, 0) is 27.9 Å². The minimum atomic E-state index is -4.93. The summed E-state index contributed by atoms with van der Waals surface area (Å²) in [4.78, 5) is 0. The summed E-state index contributed by atoms with van der Waals surface area (Å²) in [6, 6.07) is 10.5. The number of nitrogens with zero attached hydrogens (tertiary/aromatic N) is 2. The van der Waals surface area contributed by atoms with Crippen LogP contribution in [0.5, 0.6) is 0 Å². The van der Waals surface area contributed by atoms with Crippen molar-refractivity contribution < 1.29 is 35.4 Å². The molecule has 3 aromatic rings. The highest BCUT2D eigenvalue weighted by molar-refractivity contribution is 7.52. The van der Waals surface area contributed by atoms with Crippen LogP contribution < -0.4 is 0 Å². The Morgan fingerprint density at radius 1 is 0.971 bits per heavy atom. The third-order valence-electron chi connectivity index (χ3n) is 4.92. The van der Waals surface area contributed by atoms with E-state index in [1.807, 2.05) is 0 Å². The maximum absolute atomic E-state index is 13.3. The molecule has 0 bridgehead atoms. The van der Waals surface area contributed by atoms with Crippen LogP contribution in [0.1, 0.15) is 36.1 Å². The van der Waals surface area contributed by atoms with E-state index in [1.54, 1.807) is 55.0 Å². The summed E-state index contributed by atoms with van der Waals surface area (Å²) >= 11 is 0. The van der Waals surface area contributed by atoms with Crippen LogP contribution in [0.15, 0.2) is 54.0 Å². The molecule has 2 aromatic carbocycles. The van der Waals surface area contributed by atoms with Gasteiger partial charge in [-0.3, -0.25) is 0 Å². The maximum Gasteiger partial charge on any atom is 0.416 e. The van der Waals surface area contributed by atoms with Gasteiger partial charge in [0.05, 0.1) is 24.3 Å². The fraction of sp³-hybridized carbons (Fsp3) is 0.292. The van der Waals surface area contributed by atoms with Gasteiger partial charge in [0.25, 0.3) is 0 Å². The molecule has 0 aliphatic rings. The summed E-state index contributed by atoms with van der Waals surface area (Å²) in [7, 11) is -1.64. The van der Waals surface area contributed by atoms with Gasteiger partial charge in [-0.15, -0.1) is 0 Å². The van der Waals surface area contributed by atoms with Crippen molar-refractivity contribution in [1.29, 1.82) is 5.26 Å². The van der Waals surface area contributed by atoms with Gasteiger partial charge in [-0.1, -0.05) is 18.2 Å². The fourth-order valence-electron chi connectivity index (χ4n) is 3.51. The van der Waals surface area contributed by atoms with E-state index in [1.165, 1.54) is 0 Å². The fourth-order valence-corrected chi connectivity index (χ4v) is 4.66. The van der Waals surface area contributed by atoms with E-state index in [-0.39, 0.29) is 23.5 Å². The smallest absolute Gasteiger partial charge is 0.342 e. The number of para-hydroxylation sites is 1. The van der Waals surface area contributed by atoms with Gasteiger partial charge in [0.1, 0.15) is 11.4 Å². The Balaban J connectivity index is 2.11. The first-order valence-corrected chi connectivity index (χ1v) is 11.7. The molecule has 0 saturated heterocycles. The van der Waals surface area contributed by atoms with Crippen molar-refractivity contribution in [2.45, 2.75) is 32.7 Å². The summed E-state index contributed by atoms with van der Waals surface area (Å²) in [5.41, 5.74) is -1.75. The van der Waals surface area contributed by atoms with E-state index in [2.05, 4.69) is 6.07 Å². The number of aromatic nitrogens is 1. The van der Waals surface area contributed by atoms with Gasteiger partial charge in [0, 0.05) is 29.2 Å². The van der Waals surface area contributed by atoms with Crippen LogP contribution in [0, 0.1) is 11.3 Å². The Morgan fingerprint density at radius 3 is 2.06 bits per heavy atom. The molecule has 11 heteroatoms. The molecule has 1 heterocycles. The molecule has 0 atom stereocenters. The molecule has 0 saturated carbocycles. The number of allylic oxidation sites excluding steroid dienone is 1. The lowest BCUT2D eigenvalue weighted by molar-refractivity contribution is -0.143. The third kappa shape index (κ3) is 6.43. The molecule has 0 amide bonds. The van der Waals surface area contributed by atoms with Crippen LogP contribution in [0.2, 0.25) is 0 Å². The Kier molecular flexibility index (Phi) is 8.26. The molecule has 4 nitrogen and oxygen atoms in total. The highest BCUT2D eigenvalue weighted by atomic mass is 31.2. The van der Waals surface area contributed by atoms with Crippen molar-refractivity contribution in [3.8, 4) is 6.07 Å². The Labute approximate surface area is 199 Å². The van der Waals surface area contributed by atoms with E-state index in [0.717, 1.165) is 0 Å². The van der Waals surface area contributed by atoms with Gasteiger partial charge in [-0.05, 0) is 49.8 Å². The molecule has 0 fully saturated rings. The zero-order chi connectivity index (χ0) is 25.8. The SMILES string of the molecule is CCOP(OCC)/C(C#N)=C/c1cn(Cc2cc(C(F)(F)F)cc(C(F)(F)F)c2)c2ccccc12. The standard InChI is InChI=1S/C24H21F6N2O2P/c1-3-33-35(34-4-2)20(13-31)11-17-15-32(22-8-6-5-7-21(17)22)14-16-9-18(23(25,26)27)12-19(10-16)24(28,29)30/h5-12,15H,3-4,14H2,1-2H3/b20-11+. The van der Waals surface area contributed by atoms with E-state index in [0.29, 0.717) is 41.8 Å². The van der Waals surface area contributed by atoms with Gasteiger partial charge in [-0.2, -0.15) is 31.6 Å². The first-order valence-electron chi connectivity index (χ1n) is 10.5. The predicted molar refractivity (Wildman–Crippen MR) is 121 cm³/mol. The number of benzene rings is 2. The van der Waals surface area contributed by atoms with Gasteiger partial charge >= 0.3 is 12.4 Å². The Hall–Kier alpha value is -2.86. The second kappa shape index (κ2) is 10.8. The maximum atomic E-state index is 13.3. The van der Waals surface area contributed by atoms with Gasteiger partial charge < -0.3 is 13.6 Å². The number of fused-ring (bicyclic) bond motifs is 1. The number of alkyl halides is 6. The van der Waals surface area contributed by atoms with E-state index < -0.39 is 31.9 Å². The molecular weight excluding hydrogens is 493 g/mol. The summed E-state index contributed by atoms with van der Waals surface area (Å²) in [5, 5.41) is 10.6. The number of rotatable bonds is 8. The normalized spacial score (nSPS) is 13.0. The molecule has 0 N–H and O–H groups in total. The van der Waals surface area contributed by atoms with Crippen LogP contribution in [0.3, 0.4) is 0 Å². The minimum absolute atomic E-state index is 0.106. The van der Waals surface area contributed by atoms with Crippen LogP contribution in [0.4, 0.5) is 26.3 Å². The first kappa shape index (κ1) is 26.7.